The number of carbonyl (C=O) groups is 1. The van der Waals surface area contributed by atoms with E-state index in [-0.39, 0.29) is 5.91 Å². The van der Waals surface area contributed by atoms with Gasteiger partial charge < -0.3 is 10.1 Å². The predicted molar refractivity (Wildman–Crippen MR) is 94.0 cm³/mol. The SMILES string of the molecule is O=C(NCCCOCCc1ccccc1)c1cccc2cn[nH]c12. The second kappa shape index (κ2) is 8.26. The highest BCUT2D eigenvalue weighted by atomic mass is 16.5. The Bertz CT molecular complexity index is 783. The van der Waals surface area contributed by atoms with Gasteiger partial charge in [0.1, 0.15) is 0 Å². The minimum atomic E-state index is -0.0888. The number of carbonyl (C=O) groups excluding carboxylic acids is 1. The average molecular weight is 323 g/mol. The molecule has 0 saturated heterocycles. The summed E-state index contributed by atoms with van der Waals surface area (Å²) in [5.74, 6) is -0.0888. The molecule has 0 spiro atoms. The van der Waals surface area contributed by atoms with Gasteiger partial charge in [0, 0.05) is 18.5 Å². The van der Waals surface area contributed by atoms with Crippen molar-refractivity contribution in [3.05, 3.63) is 65.9 Å². The van der Waals surface area contributed by atoms with Crippen LogP contribution in [0.1, 0.15) is 22.3 Å². The van der Waals surface area contributed by atoms with E-state index in [0.717, 1.165) is 23.7 Å². The number of aromatic nitrogens is 2. The zero-order valence-electron chi connectivity index (χ0n) is 13.5. The van der Waals surface area contributed by atoms with Crippen LogP contribution >= 0.6 is 0 Å². The summed E-state index contributed by atoms with van der Waals surface area (Å²) in [6.45, 7) is 1.93. The van der Waals surface area contributed by atoms with Crippen molar-refractivity contribution in [1.82, 2.24) is 15.5 Å². The van der Waals surface area contributed by atoms with Gasteiger partial charge in [0.15, 0.2) is 0 Å². The van der Waals surface area contributed by atoms with Crippen LogP contribution < -0.4 is 5.32 Å². The van der Waals surface area contributed by atoms with Crippen LogP contribution in [-0.4, -0.2) is 35.9 Å². The van der Waals surface area contributed by atoms with E-state index in [1.807, 2.05) is 30.3 Å². The number of nitrogens with zero attached hydrogens (tertiary/aromatic N) is 1. The van der Waals surface area contributed by atoms with E-state index < -0.39 is 0 Å². The van der Waals surface area contributed by atoms with Gasteiger partial charge in [-0.25, -0.2) is 0 Å². The third kappa shape index (κ3) is 4.20. The molecule has 5 nitrogen and oxygen atoms in total. The van der Waals surface area contributed by atoms with Crippen molar-refractivity contribution in [3.8, 4) is 0 Å². The molecule has 1 heterocycles. The zero-order valence-corrected chi connectivity index (χ0v) is 13.5. The Labute approximate surface area is 141 Å². The van der Waals surface area contributed by atoms with Gasteiger partial charge in [-0.05, 0) is 24.5 Å². The van der Waals surface area contributed by atoms with Crippen LogP contribution in [0.2, 0.25) is 0 Å². The number of H-pyrrole nitrogens is 1. The van der Waals surface area contributed by atoms with Crippen LogP contribution in [0.3, 0.4) is 0 Å². The lowest BCUT2D eigenvalue weighted by Gasteiger charge is -2.07. The maximum absolute atomic E-state index is 12.2. The highest BCUT2D eigenvalue weighted by Crippen LogP contribution is 2.15. The van der Waals surface area contributed by atoms with Gasteiger partial charge >= 0.3 is 0 Å². The standard InChI is InChI=1S/C19H21N3O2/c23-19(17-9-4-8-16-14-21-22-18(16)17)20-11-5-12-24-13-10-15-6-2-1-3-7-15/h1-4,6-9,14H,5,10-13H2,(H,20,23)(H,21,22). The van der Waals surface area contributed by atoms with Crippen molar-refractivity contribution < 1.29 is 9.53 Å². The van der Waals surface area contributed by atoms with Gasteiger partial charge in [0.2, 0.25) is 0 Å². The average Bonchev–Trinajstić information content (AvgIpc) is 3.10. The molecule has 1 aromatic heterocycles. The third-order valence-corrected chi connectivity index (χ3v) is 3.85. The smallest absolute Gasteiger partial charge is 0.253 e. The number of nitrogens with one attached hydrogen (secondary N) is 2. The summed E-state index contributed by atoms with van der Waals surface area (Å²) in [6, 6.07) is 15.9. The Balaban J connectivity index is 1.35. The summed E-state index contributed by atoms with van der Waals surface area (Å²) in [5.41, 5.74) is 2.67. The Morgan fingerprint density at radius 3 is 2.83 bits per heavy atom. The molecule has 2 N–H and O–H groups in total. The Morgan fingerprint density at radius 1 is 1.08 bits per heavy atom. The minimum absolute atomic E-state index is 0.0888. The maximum atomic E-state index is 12.2. The number of fused-ring (bicyclic) bond motifs is 1. The molecule has 0 aliphatic heterocycles. The fraction of sp³-hybridized carbons (Fsp3) is 0.263. The summed E-state index contributed by atoms with van der Waals surface area (Å²) in [5, 5.41) is 10.7. The Kier molecular flexibility index (Phi) is 5.58. The van der Waals surface area contributed by atoms with E-state index in [0.29, 0.717) is 25.3 Å². The molecule has 5 heteroatoms. The molecule has 0 aliphatic rings. The molecule has 0 saturated carbocycles. The van der Waals surface area contributed by atoms with Gasteiger partial charge in [0.05, 0.1) is 23.9 Å². The quantitative estimate of drug-likeness (QED) is 0.626. The number of hydrogen-bond acceptors (Lipinski definition) is 3. The van der Waals surface area contributed by atoms with Crippen molar-refractivity contribution in [3.63, 3.8) is 0 Å². The van der Waals surface area contributed by atoms with Crippen LogP contribution in [0.4, 0.5) is 0 Å². The first-order chi connectivity index (χ1) is 11.8. The molecule has 0 fully saturated rings. The first-order valence-corrected chi connectivity index (χ1v) is 8.16. The molecular formula is C19H21N3O2. The summed E-state index contributed by atoms with van der Waals surface area (Å²) in [4.78, 5) is 12.2. The fourth-order valence-electron chi connectivity index (χ4n) is 2.57. The molecule has 24 heavy (non-hydrogen) atoms. The molecule has 1 amide bonds. The summed E-state index contributed by atoms with van der Waals surface area (Å²) in [7, 11) is 0. The molecule has 3 aromatic rings. The van der Waals surface area contributed by atoms with Crippen molar-refractivity contribution >= 4 is 16.8 Å². The Morgan fingerprint density at radius 2 is 1.96 bits per heavy atom. The number of aromatic amines is 1. The van der Waals surface area contributed by atoms with Crippen LogP contribution in [-0.2, 0) is 11.2 Å². The van der Waals surface area contributed by atoms with Gasteiger partial charge in [-0.2, -0.15) is 5.10 Å². The Hall–Kier alpha value is -2.66. The normalized spacial score (nSPS) is 10.8. The molecule has 0 aliphatic carbocycles. The van der Waals surface area contributed by atoms with Crippen molar-refractivity contribution in [2.24, 2.45) is 0 Å². The third-order valence-electron chi connectivity index (χ3n) is 3.85. The first kappa shape index (κ1) is 16.2. The van der Waals surface area contributed by atoms with Crippen LogP contribution in [0.15, 0.2) is 54.7 Å². The first-order valence-electron chi connectivity index (χ1n) is 8.16. The molecule has 0 bridgehead atoms. The van der Waals surface area contributed by atoms with Crippen LogP contribution in [0.25, 0.3) is 10.9 Å². The van der Waals surface area contributed by atoms with Gasteiger partial charge in [-0.1, -0.05) is 42.5 Å². The number of benzene rings is 2. The zero-order chi connectivity index (χ0) is 16.6. The van der Waals surface area contributed by atoms with Crippen molar-refractivity contribution in [2.75, 3.05) is 19.8 Å². The lowest BCUT2D eigenvalue weighted by atomic mass is 10.1. The number of hydrogen-bond donors (Lipinski definition) is 2. The molecule has 0 unspecified atom stereocenters. The molecule has 2 aromatic carbocycles. The lowest BCUT2D eigenvalue weighted by Crippen LogP contribution is -2.25. The number of amides is 1. The van der Waals surface area contributed by atoms with Gasteiger partial charge in [-0.3, -0.25) is 9.89 Å². The number of rotatable bonds is 8. The summed E-state index contributed by atoms with van der Waals surface area (Å²) < 4.78 is 5.62. The van der Waals surface area contributed by atoms with E-state index in [1.165, 1.54) is 5.56 Å². The van der Waals surface area contributed by atoms with Crippen LogP contribution in [0, 0.1) is 0 Å². The number of para-hydroxylation sites is 1. The predicted octanol–water partition coefficient (Wildman–Crippen LogP) is 2.94. The van der Waals surface area contributed by atoms with Gasteiger partial charge in [-0.15, -0.1) is 0 Å². The summed E-state index contributed by atoms with van der Waals surface area (Å²) in [6.07, 6.45) is 3.42. The fourth-order valence-corrected chi connectivity index (χ4v) is 2.57. The van der Waals surface area contributed by atoms with Crippen molar-refractivity contribution in [1.29, 1.82) is 0 Å². The lowest BCUT2D eigenvalue weighted by molar-refractivity contribution is 0.0943. The van der Waals surface area contributed by atoms with E-state index in [9.17, 15) is 4.79 Å². The molecule has 124 valence electrons. The molecule has 0 radical (unpaired) electrons. The van der Waals surface area contributed by atoms with E-state index in [4.69, 9.17) is 4.74 Å². The van der Waals surface area contributed by atoms with E-state index in [2.05, 4.69) is 27.6 Å². The highest BCUT2D eigenvalue weighted by Gasteiger charge is 2.10. The van der Waals surface area contributed by atoms with Crippen molar-refractivity contribution in [2.45, 2.75) is 12.8 Å². The summed E-state index contributed by atoms with van der Waals surface area (Å²) >= 11 is 0. The van der Waals surface area contributed by atoms with Gasteiger partial charge in [0.25, 0.3) is 5.91 Å². The topological polar surface area (TPSA) is 67.0 Å². The number of ether oxygens (including phenoxy) is 1. The highest BCUT2D eigenvalue weighted by molar-refractivity contribution is 6.05. The molecule has 0 atom stereocenters. The molecular weight excluding hydrogens is 302 g/mol. The van der Waals surface area contributed by atoms with E-state index >= 15 is 0 Å². The molecule has 3 rings (SSSR count). The largest absolute Gasteiger partial charge is 0.381 e. The van der Waals surface area contributed by atoms with E-state index in [1.54, 1.807) is 12.3 Å². The maximum Gasteiger partial charge on any atom is 0.253 e. The minimum Gasteiger partial charge on any atom is -0.381 e. The monoisotopic (exact) mass is 323 g/mol. The second-order valence-corrected chi connectivity index (χ2v) is 5.60. The van der Waals surface area contributed by atoms with Crippen LogP contribution in [0.5, 0.6) is 0 Å². The second-order valence-electron chi connectivity index (χ2n) is 5.60.